The Kier molecular flexibility index (Phi) is 7.05. The van der Waals surface area contributed by atoms with Crippen molar-refractivity contribution in [1.29, 1.82) is 0 Å². The average Bonchev–Trinajstić information content (AvgIpc) is 2.00. The second kappa shape index (κ2) is 7.46. The van der Waals surface area contributed by atoms with Crippen LogP contribution >= 0.6 is 0 Å². The van der Waals surface area contributed by atoms with Crippen molar-refractivity contribution < 1.29 is 14.6 Å². The number of hydrogen-bond acceptors (Lipinski definition) is 3. The van der Waals surface area contributed by atoms with Gasteiger partial charge in [-0.1, -0.05) is 5.57 Å². The highest BCUT2D eigenvalue weighted by Crippen LogP contribution is 2.10. The molecule has 0 fully saturated rings. The highest BCUT2D eigenvalue weighted by atomic mass is 16.5. The Morgan fingerprint density at radius 1 is 1.33 bits per heavy atom. The molecule has 3 nitrogen and oxygen atoms in total. The molecule has 2 unspecified atom stereocenters. The van der Waals surface area contributed by atoms with Crippen molar-refractivity contribution in [2.75, 3.05) is 0 Å². The first-order valence-electron chi connectivity index (χ1n) is 5.42. The number of ether oxygens (including phenoxy) is 1. The first-order chi connectivity index (χ1) is 6.91. The number of allylic oxidation sites excluding steroid dienone is 1. The molecule has 88 valence electrons. The van der Waals surface area contributed by atoms with Gasteiger partial charge in [0.25, 0.3) is 0 Å². The van der Waals surface area contributed by atoms with E-state index in [0.29, 0.717) is 0 Å². The van der Waals surface area contributed by atoms with E-state index in [2.05, 4.69) is 0 Å². The molecule has 0 aromatic heterocycles. The molecule has 0 radical (unpaired) electrons. The summed E-state index contributed by atoms with van der Waals surface area (Å²) in [7, 11) is 0. The molecular weight excluding hydrogens is 192 g/mol. The monoisotopic (exact) mass is 214 g/mol. The smallest absolute Gasteiger partial charge is 0.303 e. The van der Waals surface area contributed by atoms with Gasteiger partial charge in [-0.05, 0) is 46.1 Å². The Morgan fingerprint density at radius 3 is 2.33 bits per heavy atom. The largest absolute Gasteiger partial charge is 0.458 e. The molecule has 0 aliphatic heterocycles. The van der Waals surface area contributed by atoms with Gasteiger partial charge in [0, 0.05) is 6.92 Å². The van der Waals surface area contributed by atoms with Crippen LogP contribution in [-0.4, -0.2) is 23.3 Å². The normalized spacial score (nSPS) is 14.2. The van der Waals surface area contributed by atoms with Gasteiger partial charge < -0.3 is 9.84 Å². The summed E-state index contributed by atoms with van der Waals surface area (Å²) in [5.41, 5.74) is 1.14. The summed E-state index contributed by atoms with van der Waals surface area (Å²) in [6.07, 6.45) is 3.90. The Bertz CT molecular complexity index is 215. The minimum atomic E-state index is -0.283. The van der Waals surface area contributed by atoms with Crippen LogP contribution in [-0.2, 0) is 9.53 Å². The summed E-state index contributed by atoms with van der Waals surface area (Å²) in [5.74, 6) is -0.255. The fourth-order valence-corrected chi connectivity index (χ4v) is 1.38. The van der Waals surface area contributed by atoms with Gasteiger partial charge >= 0.3 is 5.97 Å². The topological polar surface area (TPSA) is 46.5 Å². The summed E-state index contributed by atoms with van der Waals surface area (Å²) in [5, 5.41) is 9.11. The van der Waals surface area contributed by atoms with Gasteiger partial charge in [0.2, 0.25) is 0 Å². The van der Waals surface area contributed by atoms with Crippen LogP contribution in [0.4, 0.5) is 0 Å². The van der Waals surface area contributed by atoms with E-state index in [9.17, 15) is 4.79 Å². The van der Waals surface area contributed by atoms with Gasteiger partial charge in [-0.15, -0.1) is 0 Å². The average molecular weight is 214 g/mol. The van der Waals surface area contributed by atoms with Crippen molar-refractivity contribution in [1.82, 2.24) is 0 Å². The number of aliphatic hydroxyl groups excluding tert-OH is 1. The van der Waals surface area contributed by atoms with E-state index in [1.54, 1.807) is 6.92 Å². The molecule has 0 aromatic rings. The zero-order chi connectivity index (χ0) is 11.8. The van der Waals surface area contributed by atoms with Crippen LogP contribution in [0.5, 0.6) is 0 Å². The van der Waals surface area contributed by atoms with Crippen LogP contribution in [0.15, 0.2) is 11.6 Å². The maximum Gasteiger partial charge on any atom is 0.303 e. The van der Waals surface area contributed by atoms with Crippen molar-refractivity contribution in [2.24, 2.45) is 0 Å². The molecule has 0 bridgehead atoms. The van der Waals surface area contributed by atoms with E-state index < -0.39 is 0 Å². The van der Waals surface area contributed by atoms with E-state index >= 15 is 0 Å². The molecule has 0 amide bonds. The lowest BCUT2D eigenvalue weighted by Gasteiger charge is -2.14. The Labute approximate surface area is 92.1 Å². The van der Waals surface area contributed by atoms with E-state index in [0.717, 1.165) is 24.8 Å². The summed E-state index contributed by atoms with van der Waals surface area (Å²) < 4.78 is 5.15. The molecule has 15 heavy (non-hydrogen) atoms. The van der Waals surface area contributed by atoms with E-state index in [4.69, 9.17) is 9.84 Å². The number of carbonyl (C=O) groups is 1. The van der Waals surface area contributed by atoms with Gasteiger partial charge in [-0.25, -0.2) is 0 Å². The molecular formula is C12H22O3. The summed E-state index contributed by atoms with van der Waals surface area (Å²) in [4.78, 5) is 10.8. The van der Waals surface area contributed by atoms with E-state index in [-0.39, 0.29) is 18.2 Å². The lowest BCUT2D eigenvalue weighted by molar-refractivity contribution is -0.144. The Balaban J connectivity index is 4.02. The highest BCUT2D eigenvalue weighted by molar-refractivity contribution is 5.66. The van der Waals surface area contributed by atoms with Crippen LogP contribution in [0.3, 0.4) is 0 Å². The number of esters is 1. The fourth-order valence-electron chi connectivity index (χ4n) is 1.38. The minimum Gasteiger partial charge on any atom is -0.458 e. The standard InChI is InChI=1S/C12H22O3/c1-9(2)8-12(15-11(4)14)7-5-6-10(3)13/h8,10,12-13H,5-7H2,1-4H3. The molecule has 0 heterocycles. The molecule has 0 aliphatic rings. The molecule has 3 heteroatoms. The Hall–Kier alpha value is -0.830. The molecule has 0 rings (SSSR count). The van der Waals surface area contributed by atoms with Gasteiger partial charge in [0.15, 0.2) is 0 Å². The maximum absolute atomic E-state index is 10.8. The quantitative estimate of drug-likeness (QED) is 0.545. The van der Waals surface area contributed by atoms with Gasteiger partial charge in [0.05, 0.1) is 6.10 Å². The Morgan fingerprint density at radius 2 is 1.93 bits per heavy atom. The minimum absolute atomic E-state index is 0.147. The molecule has 0 spiro atoms. The second-order valence-corrected chi connectivity index (χ2v) is 4.17. The SMILES string of the molecule is CC(=O)OC(C=C(C)C)CCCC(C)O. The molecule has 0 aromatic carbocycles. The van der Waals surface area contributed by atoms with Crippen LogP contribution in [0.2, 0.25) is 0 Å². The predicted octanol–water partition coefficient (Wildman–Crippen LogP) is 2.44. The maximum atomic E-state index is 10.8. The first kappa shape index (κ1) is 14.2. The fraction of sp³-hybridized carbons (Fsp3) is 0.750. The molecule has 0 saturated heterocycles. The highest BCUT2D eigenvalue weighted by Gasteiger charge is 2.09. The summed E-state index contributed by atoms with van der Waals surface area (Å²) in [6, 6.07) is 0. The number of carbonyl (C=O) groups excluding carboxylic acids is 1. The molecule has 2 atom stereocenters. The number of hydrogen-bond donors (Lipinski definition) is 1. The van der Waals surface area contributed by atoms with Gasteiger partial charge in [-0.3, -0.25) is 4.79 Å². The van der Waals surface area contributed by atoms with E-state index in [1.807, 2.05) is 19.9 Å². The van der Waals surface area contributed by atoms with Crippen LogP contribution in [0.25, 0.3) is 0 Å². The summed E-state index contributed by atoms with van der Waals surface area (Å²) in [6.45, 7) is 7.14. The zero-order valence-electron chi connectivity index (χ0n) is 10.1. The van der Waals surface area contributed by atoms with Crippen molar-refractivity contribution in [3.05, 3.63) is 11.6 Å². The van der Waals surface area contributed by atoms with E-state index in [1.165, 1.54) is 6.92 Å². The van der Waals surface area contributed by atoms with Gasteiger partial charge in [0.1, 0.15) is 6.10 Å². The van der Waals surface area contributed by atoms with Crippen molar-refractivity contribution in [3.63, 3.8) is 0 Å². The third-order valence-corrected chi connectivity index (χ3v) is 1.95. The van der Waals surface area contributed by atoms with Crippen LogP contribution in [0, 0.1) is 0 Å². The zero-order valence-corrected chi connectivity index (χ0v) is 10.1. The lowest BCUT2D eigenvalue weighted by Crippen LogP contribution is -2.15. The predicted molar refractivity (Wildman–Crippen MR) is 60.5 cm³/mol. The molecule has 0 aliphatic carbocycles. The third-order valence-electron chi connectivity index (χ3n) is 1.95. The van der Waals surface area contributed by atoms with Crippen LogP contribution in [0.1, 0.15) is 47.0 Å². The lowest BCUT2D eigenvalue weighted by atomic mass is 10.1. The van der Waals surface area contributed by atoms with Crippen molar-refractivity contribution in [3.8, 4) is 0 Å². The first-order valence-corrected chi connectivity index (χ1v) is 5.42. The molecule has 0 saturated carbocycles. The third kappa shape index (κ3) is 9.47. The van der Waals surface area contributed by atoms with Crippen LogP contribution < -0.4 is 0 Å². The number of aliphatic hydroxyl groups is 1. The number of rotatable bonds is 6. The summed E-state index contributed by atoms with van der Waals surface area (Å²) >= 11 is 0. The van der Waals surface area contributed by atoms with Crippen molar-refractivity contribution in [2.45, 2.75) is 59.2 Å². The second-order valence-electron chi connectivity index (χ2n) is 4.17. The van der Waals surface area contributed by atoms with Crippen molar-refractivity contribution >= 4 is 5.97 Å². The molecule has 1 N–H and O–H groups in total. The van der Waals surface area contributed by atoms with Gasteiger partial charge in [-0.2, -0.15) is 0 Å².